The molecule has 1 aromatic heterocycles. The van der Waals surface area contributed by atoms with Crippen molar-refractivity contribution in [1.82, 2.24) is 0 Å². The third kappa shape index (κ3) is 4.47. The molecule has 0 fully saturated rings. The van der Waals surface area contributed by atoms with Gasteiger partial charge in [-0.2, -0.15) is 0 Å². The molecular weight excluding hydrogens is 593 g/mol. The lowest BCUT2D eigenvalue weighted by Crippen LogP contribution is -1.91. The summed E-state index contributed by atoms with van der Waals surface area (Å²) in [7, 11) is 0. The molecule has 0 bridgehead atoms. The van der Waals surface area contributed by atoms with E-state index in [1.807, 2.05) is 0 Å². The Hall–Kier alpha value is -6.44. The van der Waals surface area contributed by atoms with Crippen LogP contribution in [0, 0.1) is 0 Å². The zero-order valence-corrected chi connectivity index (χ0v) is 24.4. The zero-order chi connectivity index (χ0) is 58.4. The Kier molecular flexibility index (Phi) is 2.50. The van der Waals surface area contributed by atoms with Crippen LogP contribution in [-0.2, 0) is 0 Å². The van der Waals surface area contributed by atoms with Gasteiger partial charge in [0.05, 0.1) is 41.1 Å². The van der Waals surface area contributed by atoms with E-state index in [0.717, 1.165) is 0 Å². The van der Waals surface area contributed by atoms with Crippen molar-refractivity contribution in [1.29, 1.82) is 0 Å². The molecule has 1 nitrogen and oxygen atoms in total. The van der Waals surface area contributed by atoms with Crippen LogP contribution in [0.4, 0.5) is 0 Å². The second-order valence-electron chi connectivity index (χ2n) is 10.5. The molecule has 0 saturated carbocycles. The van der Waals surface area contributed by atoms with E-state index >= 15 is 0 Å². The number of benzene rings is 9. The molecule has 1 heteroatoms. The smallest absolute Gasteiger partial charge is 0.136 e. The van der Waals surface area contributed by atoms with Crippen molar-refractivity contribution >= 4 is 54.3 Å². The van der Waals surface area contributed by atoms with E-state index in [0.29, 0.717) is 0 Å². The van der Waals surface area contributed by atoms with Gasteiger partial charge in [-0.15, -0.1) is 0 Å². The molecule has 0 amide bonds. The number of furan rings is 1. The lowest BCUT2D eigenvalue weighted by Gasteiger charge is -2.18. The minimum absolute atomic E-state index is 0.495. The lowest BCUT2D eigenvalue weighted by molar-refractivity contribution is 0.669. The van der Waals surface area contributed by atoms with Crippen molar-refractivity contribution in [3.8, 4) is 44.5 Å². The average molecular weight is 653 g/mol. The van der Waals surface area contributed by atoms with Gasteiger partial charge >= 0.3 is 0 Å². The molecule has 0 saturated heterocycles. The summed E-state index contributed by atoms with van der Waals surface area (Å²) in [6.45, 7) is 0. The lowest BCUT2D eigenvalue weighted by atomic mass is 9.84. The number of hydrogen-bond donors (Lipinski definition) is 0. The number of rotatable bonds is 4. The van der Waals surface area contributed by atoms with E-state index in [1.54, 1.807) is 0 Å². The Morgan fingerprint density at radius 2 is 0.796 bits per heavy atom. The standard InChI is InChI=1S/C48H30O/c1-2-11-31(12-3-1)32-21-23-33(24-22-32)34-25-27-35(28-26-34)46-38-15-6-8-17-40(38)47(41-18-9-7-16-39(41)46)42-19-10-20-44-48(42)43-29-36-13-4-5-14-37(36)30-45(43)49-44/h1-30H/i1D,2D,3D,4D,5D,6D,7D,8D,9D,10D,11D,12D,13D,14D,15D,16D,17D,18D,19D,20D,21D,22D,23D,24D,25D,26D,27D,28D,29D,30D. The van der Waals surface area contributed by atoms with Gasteiger partial charge in [0.15, 0.2) is 0 Å². The molecule has 0 N–H and O–H groups in total. The van der Waals surface area contributed by atoms with Gasteiger partial charge in [-0.05, 0) is 95.0 Å². The first-order valence-electron chi connectivity index (χ1n) is 29.4. The highest BCUT2D eigenvalue weighted by atomic mass is 16.3. The molecule has 49 heavy (non-hydrogen) atoms. The maximum Gasteiger partial charge on any atom is 0.136 e. The molecular formula is C48H30O. The van der Waals surface area contributed by atoms with Crippen LogP contribution in [0.3, 0.4) is 0 Å². The summed E-state index contributed by atoms with van der Waals surface area (Å²) < 4.78 is 275. The van der Waals surface area contributed by atoms with Gasteiger partial charge in [0.2, 0.25) is 0 Å². The van der Waals surface area contributed by atoms with Crippen LogP contribution in [0.5, 0.6) is 0 Å². The fraction of sp³-hybridized carbons (Fsp3) is 0. The third-order valence-corrected chi connectivity index (χ3v) is 7.82. The maximum atomic E-state index is 9.57. The van der Waals surface area contributed by atoms with Crippen LogP contribution in [0.15, 0.2) is 186 Å². The maximum absolute atomic E-state index is 9.57. The molecule has 0 radical (unpaired) electrons. The second kappa shape index (κ2) is 11.1. The Morgan fingerprint density at radius 1 is 0.327 bits per heavy atom. The molecule has 1 heterocycles. The summed E-state index contributed by atoms with van der Waals surface area (Å²) in [5, 5.41) is -5.19. The summed E-state index contributed by atoms with van der Waals surface area (Å²) >= 11 is 0. The largest absolute Gasteiger partial charge is 0.456 e. The minimum atomic E-state index is -1.15. The topological polar surface area (TPSA) is 13.1 Å². The van der Waals surface area contributed by atoms with Gasteiger partial charge in [0.25, 0.3) is 0 Å². The highest BCUT2D eigenvalue weighted by molar-refractivity contribution is 6.26. The predicted molar refractivity (Wildman–Crippen MR) is 208 cm³/mol. The first-order valence-corrected chi connectivity index (χ1v) is 14.4. The zero-order valence-electron chi connectivity index (χ0n) is 54.4. The molecule has 9 aromatic carbocycles. The number of fused-ring (bicyclic) bond motifs is 6. The molecule has 10 aromatic rings. The van der Waals surface area contributed by atoms with Gasteiger partial charge in [-0.1, -0.05) is 163 Å². The summed E-state index contributed by atoms with van der Waals surface area (Å²) in [6.07, 6.45) is 0. The SMILES string of the molecule is [2H]c1c([2H])c([2H])c(-c2c([2H])c([2H])c(-c3c([2H])c([2H])c(-c4c5c([2H])c([2H])c([2H])c([2H])c5c(-c5c([2H])c([2H])c([2H])c6oc7c([2H])c8c([2H])c([2H])c([2H])c([2H])c8c([2H])c7c56)c5c([2H])c([2H])c([2H])c([2H])c45)c([2H])c3[2H])c([2H])c2[2H])c([2H])c1[2H]. The summed E-state index contributed by atoms with van der Waals surface area (Å²) in [6, 6.07) is -28.7. The fourth-order valence-electron chi connectivity index (χ4n) is 5.73. The van der Waals surface area contributed by atoms with E-state index in [9.17, 15) is 15.1 Å². The van der Waals surface area contributed by atoms with E-state index in [1.165, 1.54) is 0 Å². The normalized spacial score (nSPS) is 20.2. The van der Waals surface area contributed by atoms with Crippen molar-refractivity contribution < 1.29 is 45.5 Å². The molecule has 228 valence electrons. The van der Waals surface area contributed by atoms with Crippen molar-refractivity contribution in [2.24, 2.45) is 0 Å². The third-order valence-electron chi connectivity index (χ3n) is 7.82. The summed E-state index contributed by atoms with van der Waals surface area (Å²) in [4.78, 5) is 0. The van der Waals surface area contributed by atoms with Gasteiger partial charge in [0, 0.05) is 10.8 Å². The number of hydrogen-bond acceptors (Lipinski definition) is 1. The van der Waals surface area contributed by atoms with Crippen LogP contribution in [-0.4, -0.2) is 0 Å². The van der Waals surface area contributed by atoms with Crippen LogP contribution >= 0.6 is 0 Å². The minimum Gasteiger partial charge on any atom is -0.456 e. The molecule has 0 spiro atoms. The van der Waals surface area contributed by atoms with E-state index in [4.69, 9.17) is 30.5 Å². The van der Waals surface area contributed by atoms with Crippen LogP contribution in [0.1, 0.15) is 41.1 Å². The predicted octanol–water partition coefficient (Wildman–Crippen LogP) is 13.7. The molecule has 0 aliphatic carbocycles. The quantitative estimate of drug-likeness (QED) is 0.172. The van der Waals surface area contributed by atoms with Crippen molar-refractivity contribution in [2.75, 3.05) is 0 Å². The first kappa shape index (κ1) is 11.1. The highest BCUT2D eigenvalue weighted by Crippen LogP contribution is 2.47. The highest BCUT2D eigenvalue weighted by Gasteiger charge is 2.20. The summed E-state index contributed by atoms with van der Waals surface area (Å²) in [5.41, 5.74) is -7.68. The van der Waals surface area contributed by atoms with Gasteiger partial charge < -0.3 is 4.42 Å². The average Bonchev–Trinajstić information content (AvgIpc) is 4.04. The Labute approximate surface area is 326 Å². The van der Waals surface area contributed by atoms with E-state index < -0.39 is 280 Å². The fourth-order valence-corrected chi connectivity index (χ4v) is 5.73. The molecule has 0 aliphatic heterocycles. The van der Waals surface area contributed by atoms with Crippen LogP contribution in [0.25, 0.3) is 98.8 Å². The monoisotopic (exact) mass is 652 g/mol. The summed E-state index contributed by atoms with van der Waals surface area (Å²) in [5.74, 6) is 0. The van der Waals surface area contributed by atoms with Gasteiger partial charge in [-0.25, -0.2) is 0 Å². The molecule has 0 atom stereocenters. The van der Waals surface area contributed by atoms with Crippen molar-refractivity contribution in [3.63, 3.8) is 0 Å². The van der Waals surface area contributed by atoms with Crippen LogP contribution in [0.2, 0.25) is 0 Å². The van der Waals surface area contributed by atoms with E-state index in [-0.39, 0.29) is 0 Å². The molecule has 0 aliphatic rings. The Morgan fingerprint density at radius 3 is 1.39 bits per heavy atom. The molecule has 10 rings (SSSR count). The van der Waals surface area contributed by atoms with Crippen LogP contribution < -0.4 is 0 Å². The molecule has 0 unspecified atom stereocenters. The second-order valence-corrected chi connectivity index (χ2v) is 10.5. The first-order chi connectivity index (χ1) is 36.8. The van der Waals surface area contributed by atoms with Gasteiger partial charge in [-0.3, -0.25) is 0 Å². The Bertz CT molecular complexity index is 4430. The van der Waals surface area contributed by atoms with E-state index in [2.05, 4.69) is 0 Å². The van der Waals surface area contributed by atoms with Crippen molar-refractivity contribution in [3.05, 3.63) is 181 Å². The van der Waals surface area contributed by atoms with Gasteiger partial charge in [0.1, 0.15) is 11.2 Å². The Balaban J connectivity index is 1.42. The van der Waals surface area contributed by atoms with Crippen molar-refractivity contribution in [2.45, 2.75) is 0 Å².